The molecule has 0 aliphatic carbocycles. The van der Waals surface area contributed by atoms with E-state index < -0.39 is 0 Å². The number of aromatic nitrogens is 2. The van der Waals surface area contributed by atoms with E-state index in [1.165, 1.54) is 22.3 Å². The van der Waals surface area contributed by atoms with E-state index in [1.54, 1.807) is 0 Å². The molecule has 0 spiro atoms. The van der Waals surface area contributed by atoms with Crippen LogP contribution in [0.4, 0.5) is 11.4 Å². The van der Waals surface area contributed by atoms with Crippen LogP contribution in [0.1, 0.15) is 104 Å². The Labute approximate surface area is 366 Å². The number of hydrogen-bond acceptors (Lipinski definition) is 4. The molecule has 1 aliphatic rings. The maximum atomic E-state index is 6.82. The van der Waals surface area contributed by atoms with Crippen molar-refractivity contribution in [3.8, 4) is 17.3 Å². The fourth-order valence-electron chi connectivity index (χ4n) is 7.68. The van der Waals surface area contributed by atoms with Gasteiger partial charge < -0.3 is 19.1 Å². The Morgan fingerprint density at radius 1 is 0.542 bits per heavy atom. The Morgan fingerprint density at radius 3 is 1.86 bits per heavy atom. The van der Waals surface area contributed by atoms with Crippen molar-refractivity contribution in [2.75, 3.05) is 9.80 Å². The van der Waals surface area contributed by atoms with Crippen molar-refractivity contribution in [1.82, 2.24) is 9.55 Å². The summed E-state index contributed by atoms with van der Waals surface area (Å²) in [5.41, 5.74) is 9.88. The first kappa shape index (κ1) is 42.0. The minimum Gasteiger partial charge on any atom is -0.509 e. The van der Waals surface area contributed by atoms with E-state index in [0.717, 1.165) is 44.6 Å². The number of benzene rings is 5. The summed E-state index contributed by atoms with van der Waals surface area (Å²) in [5, 5.41) is 2.24. The number of para-hydroxylation sites is 1. The van der Waals surface area contributed by atoms with Crippen molar-refractivity contribution in [3.63, 3.8) is 0 Å². The molecule has 0 atom stereocenters. The first-order valence-corrected chi connectivity index (χ1v) is 20.4. The molecule has 5 nitrogen and oxygen atoms in total. The van der Waals surface area contributed by atoms with Crippen LogP contribution in [-0.2, 0) is 42.7 Å². The molecule has 8 rings (SSSR count). The van der Waals surface area contributed by atoms with Gasteiger partial charge in [-0.1, -0.05) is 136 Å². The predicted octanol–water partition coefficient (Wildman–Crippen LogP) is 13.7. The third-order valence-corrected chi connectivity index (χ3v) is 11.5. The van der Waals surface area contributed by atoms with Crippen molar-refractivity contribution < 1.29 is 25.8 Å². The quantitative estimate of drug-likeness (QED) is 0.149. The topological polar surface area (TPSA) is 33.5 Å². The van der Waals surface area contributed by atoms with Gasteiger partial charge in [-0.05, 0) is 92.0 Å². The second kappa shape index (κ2) is 15.5. The molecule has 0 unspecified atom stereocenters. The summed E-state index contributed by atoms with van der Waals surface area (Å²) in [6, 6.07) is 46.2. The van der Waals surface area contributed by atoms with Crippen LogP contribution in [-0.4, -0.2) is 9.55 Å². The first-order valence-electron chi connectivity index (χ1n) is 20.4. The molecule has 3 heterocycles. The van der Waals surface area contributed by atoms with Gasteiger partial charge in [0.05, 0.1) is 0 Å². The Hall–Kier alpha value is -5.12. The van der Waals surface area contributed by atoms with Gasteiger partial charge in [-0.2, -0.15) is 6.07 Å². The Bertz CT molecular complexity index is 2640. The summed E-state index contributed by atoms with van der Waals surface area (Å²) in [4.78, 5) is 9.21. The van der Waals surface area contributed by atoms with Crippen LogP contribution < -0.4 is 14.5 Å². The van der Waals surface area contributed by atoms with Gasteiger partial charge in [0.2, 0.25) is 0 Å². The van der Waals surface area contributed by atoms with Gasteiger partial charge in [-0.3, -0.25) is 0 Å². The third kappa shape index (κ3) is 8.37. The third-order valence-electron chi connectivity index (χ3n) is 11.5. The molecule has 2 aromatic heterocycles. The van der Waals surface area contributed by atoms with E-state index in [0.29, 0.717) is 11.5 Å². The van der Waals surface area contributed by atoms with Gasteiger partial charge in [-0.15, -0.1) is 53.6 Å². The van der Waals surface area contributed by atoms with Crippen LogP contribution in [0, 0.1) is 18.8 Å². The molecule has 306 valence electrons. The van der Waals surface area contributed by atoms with E-state index >= 15 is 0 Å². The molecule has 0 bridgehead atoms. The molecular formula is C53H55N4OPt-3. The van der Waals surface area contributed by atoms with E-state index in [1.807, 2.05) is 12.3 Å². The average molecular weight is 959 g/mol. The molecule has 0 saturated heterocycles. The van der Waals surface area contributed by atoms with Crippen molar-refractivity contribution >= 4 is 33.2 Å². The zero-order valence-electron chi connectivity index (χ0n) is 36.2. The SMILES string of the molecule is CC(C)(C)c1cc(N2C=CN(c3[c-]c(Oc4[c-]c5c(cc4)c4ccccc4n5-c4cc(C(C)(C)C)ccn4)cc(C(C)(C)c4ccccc4)c3)[CH-]2)cc(C(C)(C)C)c1.[Pt]. The van der Waals surface area contributed by atoms with Crippen molar-refractivity contribution in [3.05, 3.63) is 174 Å². The predicted molar refractivity (Wildman–Crippen MR) is 242 cm³/mol. The van der Waals surface area contributed by atoms with E-state index in [4.69, 9.17) is 9.72 Å². The number of nitrogens with zero attached hydrogens (tertiary/aromatic N) is 4. The molecule has 1 aliphatic heterocycles. The number of ether oxygens (including phenoxy) is 1. The fourth-order valence-corrected chi connectivity index (χ4v) is 7.68. The van der Waals surface area contributed by atoms with Gasteiger partial charge >= 0.3 is 0 Å². The summed E-state index contributed by atoms with van der Waals surface area (Å²) in [6.07, 6.45) is 6.13. The molecular weight excluding hydrogens is 904 g/mol. The summed E-state index contributed by atoms with van der Waals surface area (Å²) in [7, 11) is 0. The molecule has 59 heavy (non-hydrogen) atoms. The molecule has 0 fully saturated rings. The zero-order chi connectivity index (χ0) is 41.2. The van der Waals surface area contributed by atoms with Gasteiger partial charge in [0, 0.05) is 50.0 Å². The van der Waals surface area contributed by atoms with E-state index in [2.05, 4.69) is 225 Å². The van der Waals surface area contributed by atoms with Crippen LogP contribution in [0.15, 0.2) is 128 Å². The van der Waals surface area contributed by atoms with Crippen LogP contribution >= 0.6 is 0 Å². The van der Waals surface area contributed by atoms with Crippen LogP contribution in [0.2, 0.25) is 0 Å². The summed E-state index contributed by atoms with van der Waals surface area (Å²) >= 11 is 0. The van der Waals surface area contributed by atoms with Crippen LogP contribution in [0.25, 0.3) is 27.6 Å². The molecule has 5 aromatic carbocycles. The maximum absolute atomic E-state index is 6.82. The van der Waals surface area contributed by atoms with E-state index in [9.17, 15) is 0 Å². The average Bonchev–Trinajstić information content (AvgIpc) is 3.81. The second-order valence-electron chi connectivity index (χ2n) is 19.3. The first-order chi connectivity index (χ1) is 27.4. The molecule has 0 N–H and O–H groups in total. The number of pyridine rings is 1. The van der Waals surface area contributed by atoms with Crippen LogP contribution in [0.5, 0.6) is 11.5 Å². The molecule has 0 amide bonds. The Balaban J connectivity index is 0.00000528. The van der Waals surface area contributed by atoms with Crippen molar-refractivity contribution in [2.45, 2.75) is 97.8 Å². The van der Waals surface area contributed by atoms with Crippen molar-refractivity contribution in [1.29, 1.82) is 0 Å². The number of hydrogen-bond donors (Lipinski definition) is 0. The molecule has 6 heteroatoms. The molecule has 0 radical (unpaired) electrons. The number of rotatable bonds is 7. The largest absolute Gasteiger partial charge is 0.509 e. The molecule has 0 saturated carbocycles. The summed E-state index contributed by atoms with van der Waals surface area (Å²) in [5.74, 6) is 2.08. The minimum atomic E-state index is -0.321. The smallest absolute Gasteiger partial charge is 0.135 e. The molecule has 7 aromatic rings. The Kier molecular flexibility index (Phi) is 11.0. The van der Waals surface area contributed by atoms with Crippen LogP contribution in [0.3, 0.4) is 0 Å². The summed E-state index contributed by atoms with van der Waals surface area (Å²) in [6.45, 7) is 27.0. The monoisotopic (exact) mass is 958 g/mol. The number of fused-ring (bicyclic) bond motifs is 3. The number of anilines is 2. The second-order valence-corrected chi connectivity index (χ2v) is 19.3. The standard InChI is InChI=1S/C53H55N4O.Pt/c1-50(2,3)37-23-24-54-49(32-37)57-47-20-16-15-19-45(47)46-22-21-43(34-48(46)57)58-44-31-40(53(10,11)36-17-13-12-14-18-36)30-42(33-44)56-26-25-55(35-56)41-28-38(51(4,5)6)27-39(29-41)52(7,8)9;/h12-32,35H,1-11H3;/q-3;. The van der Waals surface area contributed by atoms with Gasteiger partial charge in [0.25, 0.3) is 0 Å². The van der Waals surface area contributed by atoms with Crippen molar-refractivity contribution in [2.24, 2.45) is 0 Å². The fraction of sp³-hybridized carbons (Fsp3) is 0.283. The Morgan fingerprint density at radius 2 is 1.19 bits per heavy atom. The summed E-state index contributed by atoms with van der Waals surface area (Å²) < 4.78 is 9.02. The normalized spacial score (nSPS) is 13.7. The zero-order valence-corrected chi connectivity index (χ0v) is 38.5. The maximum Gasteiger partial charge on any atom is 0.135 e. The van der Waals surface area contributed by atoms with E-state index in [-0.39, 0.29) is 42.7 Å². The minimum absolute atomic E-state index is 0. The van der Waals surface area contributed by atoms with Gasteiger partial charge in [0.15, 0.2) is 0 Å². The van der Waals surface area contributed by atoms with Gasteiger partial charge in [0.1, 0.15) is 5.82 Å². The van der Waals surface area contributed by atoms with Gasteiger partial charge in [-0.25, -0.2) is 4.98 Å².